The van der Waals surface area contributed by atoms with Gasteiger partial charge in [0.2, 0.25) is 10.0 Å². The number of carbonyl (C=O) groups excluding carboxylic acids is 1. The molecule has 0 aliphatic heterocycles. The molecule has 30 heavy (non-hydrogen) atoms. The van der Waals surface area contributed by atoms with Gasteiger partial charge in [-0.3, -0.25) is 9.52 Å². The van der Waals surface area contributed by atoms with Crippen molar-refractivity contribution in [1.29, 1.82) is 0 Å². The zero-order valence-corrected chi connectivity index (χ0v) is 16.9. The summed E-state index contributed by atoms with van der Waals surface area (Å²) in [5.41, 5.74) is 1.36. The highest BCUT2D eigenvalue weighted by Gasteiger charge is 2.15. The SMILES string of the molecule is CNC(=O)c1cnc(Nc2ccc(F)cn2)cc1Nc1ccccc1NS(C)(=O)=O. The zero-order chi connectivity index (χ0) is 21.7. The molecule has 11 heteroatoms. The van der Waals surface area contributed by atoms with Gasteiger partial charge in [-0.05, 0) is 24.3 Å². The lowest BCUT2D eigenvalue weighted by Gasteiger charge is -2.16. The van der Waals surface area contributed by atoms with Gasteiger partial charge in [-0.1, -0.05) is 12.1 Å². The van der Waals surface area contributed by atoms with Crippen LogP contribution in [0, 0.1) is 5.82 Å². The monoisotopic (exact) mass is 430 g/mol. The summed E-state index contributed by atoms with van der Waals surface area (Å²) in [5.74, 6) is -0.148. The summed E-state index contributed by atoms with van der Waals surface area (Å²) in [6.45, 7) is 0. The van der Waals surface area contributed by atoms with Crippen LogP contribution in [0.5, 0.6) is 0 Å². The maximum Gasteiger partial charge on any atom is 0.254 e. The van der Waals surface area contributed by atoms with E-state index < -0.39 is 15.8 Å². The third-order valence-electron chi connectivity index (χ3n) is 3.85. The average Bonchev–Trinajstić information content (AvgIpc) is 2.70. The van der Waals surface area contributed by atoms with Crippen molar-refractivity contribution in [1.82, 2.24) is 15.3 Å². The van der Waals surface area contributed by atoms with Crippen LogP contribution in [0.1, 0.15) is 10.4 Å². The zero-order valence-electron chi connectivity index (χ0n) is 16.1. The summed E-state index contributed by atoms with van der Waals surface area (Å²) < 4.78 is 38.8. The molecule has 3 aromatic rings. The van der Waals surface area contributed by atoms with Crippen molar-refractivity contribution >= 4 is 44.6 Å². The van der Waals surface area contributed by atoms with Crippen molar-refractivity contribution in [3.8, 4) is 0 Å². The molecule has 156 valence electrons. The van der Waals surface area contributed by atoms with Crippen LogP contribution in [0.15, 0.2) is 54.9 Å². The average molecular weight is 430 g/mol. The van der Waals surface area contributed by atoms with E-state index in [0.29, 0.717) is 28.7 Å². The molecule has 4 N–H and O–H groups in total. The van der Waals surface area contributed by atoms with Crippen molar-refractivity contribution in [2.75, 3.05) is 28.7 Å². The molecule has 0 radical (unpaired) electrons. The van der Waals surface area contributed by atoms with Gasteiger partial charge in [-0.2, -0.15) is 0 Å². The smallest absolute Gasteiger partial charge is 0.254 e. The molecule has 0 aliphatic carbocycles. The number of aromatic nitrogens is 2. The van der Waals surface area contributed by atoms with Gasteiger partial charge in [0.1, 0.15) is 17.5 Å². The Hall–Kier alpha value is -3.73. The number of halogens is 1. The lowest BCUT2D eigenvalue weighted by atomic mass is 10.2. The summed E-state index contributed by atoms with van der Waals surface area (Å²) >= 11 is 0. The predicted molar refractivity (Wildman–Crippen MR) is 113 cm³/mol. The Kier molecular flexibility index (Phi) is 6.11. The summed E-state index contributed by atoms with van der Waals surface area (Å²) in [6, 6.07) is 10.9. The Morgan fingerprint density at radius 2 is 1.63 bits per heavy atom. The number of pyridine rings is 2. The molecule has 0 saturated heterocycles. The third kappa shape index (κ3) is 5.41. The fraction of sp³-hybridized carbons (Fsp3) is 0.105. The number of nitrogens with one attached hydrogen (secondary N) is 4. The van der Waals surface area contributed by atoms with E-state index in [1.807, 2.05) is 0 Å². The number of carbonyl (C=O) groups is 1. The molecule has 0 bridgehead atoms. The van der Waals surface area contributed by atoms with E-state index in [0.717, 1.165) is 12.5 Å². The van der Waals surface area contributed by atoms with Gasteiger partial charge in [0.05, 0.1) is 35.1 Å². The molecule has 2 aromatic heterocycles. The first-order valence-corrected chi connectivity index (χ1v) is 10.6. The predicted octanol–water partition coefficient (Wildman–Crippen LogP) is 2.83. The van der Waals surface area contributed by atoms with Crippen LogP contribution in [-0.4, -0.2) is 37.6 Å². The van der Waals surface area contributed by atoms with E-state index >= 15 is 0 Å². The molecule has 0 fully saturated rings. The molecule has 0 unspecified atom stereocenters. The van der Waals surface area contributed by atoms with Crippen LogP contribution < -0.4 is 20.7 Å². The summed E-state index contributed by atoms with van der Waals surface area (Å²) in [4.78, 5) is 20.4. The van der Waals surface area contributed by atoms with Gasteiger partial charge in [0.15, 0.2) is 0 Å². The molecule has 0 spiro atoms. The highest BCUT2D eigenvalue weighted by Crippen LogP contribution is 2.29. The summed E-state index contributed by atoms with van der Waals surface area (Å²) in [5, 5.41) is 8.52. The Morgan fingerprint density at radius 1 is 0.933 bits per heavy atom. The van der Waals surface area contributed by atoms with E-state index in [2.05, 4.69) is 30.6 Å². The van der Waals surface area contributed by atoms with Crippen molar-refractivity contribution in [2.24, 2.45) is 0 Å². The first-order valence-electron chi connectivity index (χ1n) is 8.70. The van der Waals surface area contributed by atoms with Gasteiger partial charge in [-0.25, -0.2) is 22.8 Å². The summed E-state index contributed by atoms with van der Waals surface area (Å²) in [7, 11) is -2.02. The molecule has 0 aliphatic rings. The van der Waals surface area contributed by atoms with Gasteiger partial charge < -0.3 is 16.0 Å². The molecule has 1 aromatic carbocycles. The maximum absolute atomic E-state index is 13.1. The minimum atomic E-state index is -3.51. The summed E-state index contributed by atoms with van der Waals surface area (Å²) in [6.07, 6.45) is 3.47. The van der Waals surface area contributed by atoms with Crippen LogP contribution >= 0.6 is 0 Å². The minimum absolute atomic E-state index is 0.240. The Balaban J connectivity index is 1.97. The lowest BCUT2D eigenvalue weighted by Crippen LogP contribution is -2.20. The van der Waals surface area contributed by atoms with Crippen molar-refractivity contribution in [3.63, 3.8) is 0 Å². The normalized spacial score (nSPS) is 10.9. The van der Waals surface area contributed by atoms with E-state index in [1.165, 1.54) is 25.4 Å². The number of hydrogen-bond acceptors (Lipinski definition) is 7. The van der Waals surface area contributed by atoms with E-state index in [4.69, 9.17) is 0 Å². The van der Waals surface area contributed by atoms with Gasteiger partial charge in [-0.15, -0.1) is 0 Å². The van der Waals surface area contributed by atoms with Gasteiger partial charge in [0, 0.05) is 19.3 Å². The third-order valence-corrected chi connectivity index (χ3v) is 4.44. The second-order valence-electron chi connectivity index (χ2n) is 6.23. The number of para-hydroxylation sites is 2. The topological polar surface area (TPSA) is 125 Å². The van der Waals surface area contributed by atoms with E-state index in [1.54, 1.807) is 30.3 Å². The fourth-order valence-electron chi connectivity index (χ4n) is 2.55. The van der Waals surface area contributed by atoms with Crippen LogP contribution in [0.4, 0.5) is 33.1 Å². The van der Waals surface area contributed by atoms with Crippen LogP contribution in [-0.2, 0) is 10.0 Å². The number of nitrogens with zero attached hydrogens (tertiary/aromatic N) is 2. The maximum atomic E-state index is 13.1. The quantitative estimate of drug-likeness (QED) is 0.454. The molecule has 0 saturated carbocycles. The second-order valence-corrected chi connectivity index (χ2v) is 7.97. The second kappa shape index (κ2) is 8.74. The number of anilines is 5. The largest absolute Gasteiger partial charge is 0.355 e. The van der Waals surface area contributed by atoms with Crippen LogP contribution in [0.3, 0.4) is 0 Å². The number of sulfonamides is 1. The molecule has 3 rings (SSSR count). The molecule has 0 atom stereocenters. The Bertz CT molecular complexity index is 1170. The lowest BCUT2D eigenvalue weighted by molar-refractivity contribution is 0.0963. The minimum Gasteiger partial charge on any atom is -0.355 e. The molecule has 9 nitrogen and oxygen atoms in total. The Labute approximate surface area is 172 Å². The van der Waals surface area contributed by atoms with Gasteiger partial charge >= 0.3 is 0 Å². The molecule has 1 amide bonds. The molecular weight excluding hydrogens is 411 g/mol. The van der Waals surface area contributed by atoms with Crippen LogP contribution in [0.2, 0.25) is 0 Å². The highest BCUT2D eigenvalue weighted by molar-refractivity contribution is 7.92. The van der Waals surface area contributed by atoms with Gasteiger partial charge in [0.25, 0.3) is 5.91 Å². The van der Waals surface area contributed by atoms with Crippen molar-refractivity contribution in [3.05, 3.63) is 66.2 Å². The van der Waals surface area contributed by atoms with Crippen LogP contribution in [0.25, 0.3) is 0 Å². The molecule has 2 heterocycles. The Morgan fingerprint density at radius 3 is 2.27 bits per heavy atom. The fourth-order valence-corrected chi connectivity index (χ4v) is 3.13. The number of hydrogen-bond donors (Lipinski definition) is 4. The van der Waals surface area contributed by atoms with Crippen molar-refractivity contribution in [2.45, 2.75) is 0 Å². The van der Waals surface area contributed by atoms with E-state index in [-0.39, 0.29) is 11.5 Å². The highest BCUT2D eigenvalue weighted by atomic mass is 32.2. The van der Waals surface area contributed by atoms with E-state index in [9.17, 15) is 17.6 Å². The van der Waals surface area contributed by atoms with Crippen molar-refractivity contribution < 1.29 is 17.6 Å². The molecular formula is C19H19FN6O3S. The number of benzene rings is 1. The number of amides is 1. The first kappa shape index (κ1) is 21.0. The standard InChI is InChI=1S/C19H19FN6O3S/c1-21-19(27)13-11-23-18(25-17-8-7-12(20)10-22-17)9-16(13)24-14-5-3-4-6-15(14)26-30(2,28)29/h3-11,26H,1-2H3,(H,21,27)(H2,22,23,24,25). The number of rotatable bonds is 7. The first-order chi connectivity index (χ1) is 14.2.